The zero-order valence-electron chi connectivity index (χ0n) is 23.2. The topological polar surface area (TPSA) is 131 Å². The van der Waals surface area contributed by atoms with E-state index in [1.165, 1.54) is 40.0 Å². The molecule has 1 aliphatic heterocycles. The predicted octanol–water partition coefficient (Wildman–Crippen LogP) is 6.22. The molecule has 0 aliphatic carbocycles. The average molecular weight is 629 g/mol. The third kappa shape index (κ3) is 5.57. The Morgan fingerprint density at radius 2 is 1.91 bits per heavy atom. The van der Waals surface area contributed by atoms with Crippen LogP contribution in [0, 0.1) is 23.1 Å². The summed E-state index contributed by atoms with van der Waals surface area (Å²) in [4.78, 5) is 35.8. The second-order valence-corrected chi connectivity index (χ2v) is 11.2. The average Bonchev–Trinajstić information content (AvgIpc) is 3.46. The van der Waals surface area contributed by atoms with E-state index in [4.69, 9.17) is 23.2 Å². The summed E-state index contributed by atoms with van der Waals surface area (Å²) in [5.41, 5.74) is 2.85. The van der Waals surface area contributed by atoms with Gasteiger partial charge in [0.1, 0.15) is 0 Å². The van der Waals surface area contributed by atoms with Crippen molar-refractivity contribution in [1.29, 1.82) is 5.26 Å². The number of anilines is 1. The Morgan fingerprint density at radius 3 is 2.66 bits per heavy atom. The molecule has 10 nitrogen and oxygen atoms in total. The molecule has 13 heteroatoms. The van der Waals surface area contributed by atoms with Crippen molar-refractivity contribution in [3.8, 4) is 34.1 Å². The van der Waals surface area contributed by atoms with Crippen molar-refractivity contribution in [2.75, 3.05) is 5.32 Å². The van der Waals surface area contributed by atoms with Gasteiger partial charge in [-0.1, -0.05) is 47.8 Å². The molecule has 0 radical (unpaired) electrons. The Morgan fingerprint density at radius 1 is 1.07 bits per heavy atom. The Bertz CT molecular complexity index is 2020. The van der Waals surface area contributed by atoms with E-state index in [-0.39, 0.29) is 38.9 Å². The van der Waals surface area contributed by atoms with Crippen LogP contribution in [-0.4, -0.2) is 35.4 Å². The standard InChI is InChI=1S/C31H23Cl2FN8O2/c1-17-3-2-4-25(23-12-19(9-10-36-23)20-6-5-18(14-35)11-22(20)38-31(17)44)41-16-37-24(13-28(41)43)29-26(8-7-21(32)30(29)34)42-15-27(33)39-40-42/h5-13,15-17,25H,2-4H2,1H3,(H,38,44)/t17-,25+/m1/s1. The molecule has 44 heavy (non-hydrogen) atoms. The number of hydrogen-bond acceptors (Lipinski definition) is 7. The molecule has 0 fully saturated rings. The zero-order chi connectivity index (χ0) is 31.0. The van der Waals surface area contributed by atoms with Gasteiger partial charge in [0.2, 0.25) is 5.91 Å². The summed E-state index contributed by atoms with van der Waals surface area (Å²) in [7, 11) is 0. The van der Waals surface area contributed by atoms with Gasteiger partial charge < -0.3 is 5.32 Å². The van der Waals surface area contributed by atoms with Gasteiger partial charge in [-0.3, -0.25) is 19.1 Å². The third-order valence-corrected chi connectivity index (χ3v) is 8.08. The Labute approximate surface area is 260 Å². The SMILES string of the molecule is C[C@@H]1CCC[C@H](n2cnc(-c3c(-n4cc(Cl)nn4)ccc(Cl)c3F)cc2=O)c2cc(ccn2)-c2ccc(C#N)cc2NC1=O. The van der Waals surface area contributed by atoms with E-state index < -0.39 is 17.4 Å². The maximum atomic E-state index is 15.4. The molecule has 2 aromatic carbocycles. The summed E-state index contributed by atoms with van der Waals surface area (Å²) in [6.45, 7) is 1.84. The number of aromatic nitrogens is 6. The van der Waals surface area contributed by atoms with Crippen LogP contribution in [-0.2, 0) is 4.79 Å². The summed E-state index contributed by atoms with van der Waals surface area (Å²) >= 11 is 12.1. The van der Waals surface area contributed by atoms with Gasteiger partial charge in [-0.25, -0.2) is 14.1 Å². The number of carbonyl (C=O) groups is 1. The number of amides is 1. The van der Waals surface area contributed by atoms with Crippen molar-refractivity contribution in [2.24, 2.45) is 5.92 Å². The molecular weight excluding hydrogens is 606 g/mol. The van der Waals surface area contributed by atoms with Crippen LogP contribution < -0.4 is 10.9 Å². The maximum absolute atomic E-state index is 15.4. The van der Waals surface area contributed by atoms with Crippen molar-refractivity contribution >= 4 is 34.8 Å². The first-order chi connectivity index (χ1) is 21.2. The molecule has 0 saturated carbocycles. The first kappa shape index (κ1) is 29.2. The van der Waals surface area contributed by atoms with Crippen LogP contribution in [0.3, 0.4) is 0 Å². The van der Waals surface area contributed by atoms with E-state index in [1.807, 2.05) is 13.0 Å². The fourth-order valence-corrected chi connectivity index (χ4v) is 5.60. The molecule has 2 atom stereocenters. The number of nitriles is 1. The first-order valence-corrected chi connectivity index (χ1v) is 14.4. The Hall–Kier alpha value is -4.92. The van der Waals surface area contributed by atoms with Gasteiger partial charge in [-0.2, -0.15) is 5.26 Å². The van der Waals surface area contributed by atoms with Gasteiger partial charge in [-0.05, 0) is 54.8 Å². The van der Waals surface area contributed by atoms with Crippen molar-refractivity contribution < 1.29 is 9.18 Å². The molecule has 0 saturated heterocycles. The van der Waals surface area contributed by atoms with E-state index in [9.17, 15) is 14.9 Å². The summed E-state index contributed by atoms with van der Waals surface area (Å²) < 4.78 is 18.2. The van der Waals surface area contributed by atoms with Crippen molar-refractivity contribution in [3.63, 3.8) is 0 Å². The highest BCUT2D eigenvalue weighted by molar-refractivity contribution is 6.31. The van der Waals surface area contributed by atoms with E-state index in [2.05, 4.69) is 31.7 Å². The second kappa shape index (κ2) is 12.0. The quantitative estimate of drug-likeness (QED) is 0.251. The number of benzene rings is 2. The zero-order valence-corrected chi connectivity index (χ0v) is 24.7. The minimum atomic E-state index is -0.772. The van der Waals surface area contributed by atoms with E-state index in [0.29, 0.717) is 41.8 Å². The van der Waals surface area contributed by atoms with E-state index in [1.54, 1.807) is 30.5 Å². The van der Waals surface area contributed by atoms with Crippen LogP contribution >= 0.6 is 23.2 Å². The highest BCUT2D eigenvalue weighted by atomic mass is 35.5. The van der Waals surface area contributed by atoms with Gasteiger partial charge in [-0.15, -0.1) is 5.10 Å². The number of nitrogens with zero attached hydrogens (tertiary/aromatic N) is 7. The van der Waals surface area contributed by atoms with Crippen LogP contribution in [0.15, 0.2) is 72.0 Å². The minimum Gasteiger partial charge on any atom is -0.325 e. The van der Waals surface area contributed by atoms with Crippen LogP contribution in [0.1, 0.15) is 43.5 Å². The fourth-order valence-electron chi connectivity index (χ4n) is 5.32. The highest BCUT2D eigenvalue weighted by Gasteiger charge is 2.24. The van der Waals surface area contributed by atoms with Gasteiger partial charge in [0, 0.05) is 29.4 Å². The number of fused-ring (bicyclic) bond motifs is 4. The number of halogens is 3. The highest BCUT2D eigenvalue weighted by Crippen LogP contribution is 2.35. The molecule has 1 N–H and O–H groups in total. The van der Waals surface area contributed by atoms with Gasteiger partial charge in [0.05, 0.1) is 57.9 Å². The first-order valence-electron chi connectivity index (χ1n) is 13.7. The number of rotatable bonds is 3. The summed E-state index contributed by atoms with van der Waals surface area (Å²) in [5, 5.41) is 20.0. The summed E-state index contributed by atoms with van der Waals surface area (Å²) in [6, 6.07) is 14.5. The number of nitrogens with one attached hydrogen (secondary N) is 1. The van der Waals surface area contributed by atoms with E-state index >= 15 is 4.39 Å². The molecule has 0 spiro atoms. The fraction of sp³-hybridized carbons (Fsp3) is 0.194. The largest absolute Gasteiger partial charge is 0.325 e. The van der Waals surface area contributed by atoms with Gasteiger partial charge >= 0.3 is 0 Å². The normalized spacial score (nSPS) is 16.7. The molecule has 5 aromatic rings. The molecule has 3 aromatic heterocycles. The van der Waals surface area contributed by atoms with Crippen molar-refractivity contribution in [1.82, 2.24) is 29.5 Å². The molecule has 4 heterocycles. The van der Waals surface area contributed by atoms with Crippen LogP contribution in [0.25, 0.3) is 28.1 Å². The molecule has 6 rings (SSSR count). The van der Waals surface area contributed by atoms with E-state index in [0.717, 1.165) is 5.56 Å². The summed E-state index contributed by atoms with van der Waals surface area (Å²) in [5.74, 6) is -1.26. The van der Waals surface area contributed by atoms with Crippen LogP contribution in [0.5, 0.6) is 0 Å². The van der Waals surface area contributed by atoms with Crippen LogP contribution in [0.2, 0.25) is 10.2 Å². The summed E-state index contributed by atoms with van der Waals surface area (Å²) in [6.07, 6.45) is 6.05. The molecule has 1 aliphatic rings. The molecule has 220 valence electrons. The maximum Gasteiger partial charge on any atom is 0.254 e. The van der Waals surface area contributed by atoms with Crippen molar-refractivity contribution in [2.45, 2.75) is 32.2 Å². The van der Waals surface area contributed by atoms with Gasteiger partial charge in [0.15, 0.2) is 11.0 Å². The van der Waals surface area contributed by atoms with Crippen molar-refractivity contribution in [3.05, 3.63) is 105 Å². The number of pyridine rings is 1. The Balaban J connectivity index is 1.46. The lowest BCUT2D eigenvalue weighted by Gasteiger charge is -2.23. The van der Waals surface area contributed by atoms with Crippen LogP contribution in [0.4, 0.5) is 10.1 Å². The smallest absolute Gasteiger partial charge is 0.254 e. The second-order valence-electron chi connectivity index (χ2n) is 10.4. The molecule has 0 unspecified atom stereocenters. The predicted molar refractivity (Wildman–Crippen MR) is 163 cm³/mol. The number of hydrogen-bond donors (Lipinski definition) is 1. The lowest BCUT2D eigenvalue weighted by Crippen LogP contribution is -2.27. The third-order valence-electron chi connectivity index (χ3n) is 7.62. The molecule has 1 amide bonds. The Kier molecular flexibility index (Phi) is 7.95. The monoisotopic (exact) mass is 628 g/mol. The minimum absolute atomic E-state index is 0.0321. The lowest BCUT2D eigenvalue weighted by atomic mass is 9.95. The molecule has 2 bridgehead atoms. The van der Waals surface area contributed by atoms with Gasteiger partial charge in [0.25, 0.3) is 5.56 Å². The lowest BCUT2D eigenvalue weighted by molar-refractivity contribution is -0.119. The molecular formula is C31H23Cl2FN8O2. The number of carbonyl (C=O) groups excluding carboxylic acids is 1.